The minimum absolute atomic E-state index is 0.319. The van der Waals surface area contributed by atoms with Crippen LogP contribution in [-0.2, 0) is 4.74 Å². The van der Waals surface area contributed by atoms with Crippen LogP contribution in [0.5, 0.6) is 0 Å². The molecule has 0 bridgehead atoms. The molecule has 0 aromatic carbocycles. The standard InChI is InChI=1S/C3H7NO.CHBr3N2O/c4-1-3-2-5-3;2-5-1(7)6(3)4/h3H,1-2,4H2;(H,5,7). The molecule has 1 unspecified atom stereocenters. The van der Waals surface area contributed by atoms with Crippen molar-refractivity contribution >= 4 is 54.5 Å². The largest absolute Gasteiger partial charge is 0.372 e. The number of hydrogen-bond acceptors (Lipinski definition) is 3. The molecule has 1 saturated heterocycles. The lowest BCUT2D eigenvalue weighted by molar-refractivity contribution is 0.246. The third-order valence-electron chi connectivity index (χ3n) is 0.900. The Morgan fingerprint density at radius 3 is 2.25 bits per heavy atom. The van der Waals surface area contributed by atoms with Crippen molar-refractivity contribution in [3.05, 3.63) is 0 Å². The van der Waals surface area contributed by atoms with E-state index in [0.717, 1.165) is 9.56 Å². The molecule has 0 aliphatic carbocycles. The van der Waals surface area contributed by atoms with Crippen LogP contribution in [0.4, 0.5) is 4.79 Å². The van der Waals surface area contributed by atoms with E-state index >= 15 is 0 Å². The first-order chi connectivity index (χ1) is 5.61. The van der Waals surface area contributed by atoms with Crippen LogP contribution in [0.15, 0.2) is 0 Å². The van der Waals surface area contributed by atoms with Crippen molar-refractivity contribution in [1.29, 1.82) is 0 Å². The fraction of sp³-hybridized carbons (Fsp3) is 0.750. The Morgan fingerprint density at radius 1 is 1.75 bits per heavy atom. The second kappa shape index (κ2) is 7.07. The summed E-state index contributed by atoms with van der Waals surface area (Å²) in [6.45, 7) is 1.58. The number of nitrogens with one attached hydrogen (secondary N) is 1. The van der Waals surface area contributed by atoms with E-state index in [4.69, 9.17) is 10.5 Å². The maximum Gasteiger partial charge on any atom is 0.347 e. The van der Waals surface area contributed by atoms with Gasteiger partial charge < -0.3 is 10.5 Å². The number of rotatable bonds is 1. The Kier molecular flexibility index (Phi) is 7.45. The molecular weight excluding hydrogens is 362 g/mol. The predicted octanol–water partition coefficient (Wildman–Crippen LogP) is 1.27. The molecule has 12 heavy (non-hydrogen) atoms. The maximum atomic E-state index is 10.2. The van der Waals surface area contributed by atoms with Crippen LogP contribution >= 0.6 is 48.4 Å². The summed E-state index contributed by atoms with van der Waals surface area (Å²) in [6, 6.07) is -0.319. The number of ether oxygens (including phenoxy) is 1. The maximum absolute atomic E-state index is 10.2. The zero-order chi connectivity index (χ0) is 9.56. The van der Waals surface area contributed by atoms with E-state index in [2.05, 4.69) is 52.8 Å². The average Bonchev–Trinajstić information content (AvgIpc) is 2.86. The minimum atomic E-state index is -0.319. The van der Waals surface area contributed by atoms with Crippen LogP contribution in [0.25, 0.3) is 0 Å². The van der Waals surface area contributed by atoms with E-state index in [1.807, 2.05) is 0 Å². The van der Waals surface area contributed by atoms with Gasteiger partial charge in [0, 0.05) is 6.54 Å². The van der Waals surface area contributed by atoms with Crippen molar-refractivity contribution in [2.24, 2.45) is 5.73 Å². The summed E-state index contributed by atoms with van der Waals surface area (Å²) in [6.07, 6.45) is 0.412. The van der Waals surface area contributed by atoms with Gasteiger partial charge in [0.05, 0.1) is 61.2 Å². The normalized spacial score (nSPS) is 18.8. The number of nitrogens with zero attached hydrogens (tertiary/aromatic N) is 1. The molecule has 1 atom stereocenters. The molecule has 0 radical (unpaired) electrons. The number of hydrogen-bond donors (Lipinski definition) is 2. The van der Waals surface area contributed by atoms with E-state index in [1.165, 1.54) is 0 Å². The first-order valence-electron chi connectivity index (χ1n) is 2.95. The van der Waals surface area contributed by atoms with Crippen molar-refractivity contribution in [2.75, 3.05) is 13.2 Å². The first-order valence-corrected chi connectivity index (χ1v) is 5.17. The molecule has 0 spiro atoms. The van der Waals surface area contributed by atoms with Crippen LogP contribution in [-0.4, -0.2) is 28.2 Å². The summed E-state index contributed by atoms with van der Waals surface area (Å²) in [7, 11) is 0. The summed E-state index contributed by atoms with van der Waals surface area (Å²) >= 11 is 8.33. The van der Waals surface area contributed by atoms with E-state index < -0.39 is 0 Å². The molecule has 1 rings (SSSR count). The summed E-state index contributed by atoms with van der Waals surface area (Å²) in [4.78, 5) is 10.2. The number of epoxide rings is 1. The molecule has 2 amide bonds. The fourth-order valence-corrected chi connectivity index (χ4v) is 1.07. The Labute approximate surface area is 96.0 Å². The number of nitrogens with two attached hydrogens (primary N) is 1. The predicted molar refractivity (Wildman–Crippen MR) is 55.9 cm³/mol. The van der Waals surface area contributed by atoms with Gasteiger partial charge in [0.1, 0.15) is 0 Å². The highest BCUT2D eigenvalue weighted by Gasteiger charge is 2.18. The van der Waals surface area contributed by atoms with Gasteiger partial charge in [-0.2, -0.15) is 2.95 Å². The molecule has 0 aromatic rings. The number of carbonyl (C=O) groups is 1. The van der Waals surface area contributed by atoms with Crippen LogP contribution in [0.1, 0.15) is 0 Å². The quantitative estimate of drug-likeness (QED) is 0.540. The molecule has 1 aliphatic heterocycles. The van der Waals surface area contributed by atoms with E-state index in [1.54, 1.807) is 0 Å². The number of amides is 2. The van der Waals surface area contributed by atoms with Crippen molar-refractivity contribution in [1.82, 2.24) is 7.29 Å². The number of carbonyl (C=O) groups excluding carboxylic acids is 1. The summed E-state index contributed by atoms with van der Waals surface area (Å²) in [5, 5.41) is 0. The topological polar surface area (TPSA) is 70.9 Å². The summed E-state index contributed by atoms with van der Waals surface area (Å²) in [5.41, 5.74) is 5.11. The highest BCUT2D eigenvalue weighted by molar-refractivity contribution is 9.21. The molecule has 8 heteroatoms. The van der Waals surface area contributed by atoms with Crippen LogP contribution < -0.4 is 10.1 Å². The van der Waals surface area contributed by atoms with Gasteiger partial charge in [0.25, 0.3) is 0 Å². The Hall–Kier alpha value is 0.630. The van der Waals surface area contributed by atoms with Crippen molar-refractivity contribution < 1.29 is 9.53 Å². The minimum Gasteiger partial charge on any atom is -0.372 e. The van der Waals surface area contributed by atoms with Gasteiger partial charge in [-0.15, -0.1) is 0 Å². The highest BCUT2D eigenvalue weighted by Crippen LogP contribution is 2.04. The smallest absolute Gasteiger partial charge is 0.347 e. The van der Waals surface area contributed by atoms with E-state index in [0.29, 0.717) is 12.6 Å². The fourth-order valence-electron chi connectivity index (χ4n) is 0.236. The van der Waals surface area contributed by atoms with Gasteiger partial charge >= 0.3 is 6.03 Å². The molecule has 1 heterocycles. The highest BCUT2D eigenvalue weighted by atomic mass is 79.9. The van der Waals surface area contributed by atoms with Gasteiger partial charge in [-0.05, 0) is 0 Å². The van der Waals surface area contributed by atoms with E-state index in [9.17, 15) is 4.79 Å². The van der Waals surface area contributed by atoms with Gasteiger partial charge in [-0.3, -0.25) is 4.34 Å². The third-order valence-corrected chi connectivity index (χ3v) is 1.88. The lowest BCUT2D eigenvalue weighted by atomic mass is 10.5. The van der Waals surface area contributed by atoms with Gasteiger partial charge in [-0.1, -0.05) is 0 Å². The third kappa shape index (κ3) is 7.29. The second-order valence-electron chi connectivity index (χ2n) is 1.82. The van der Waals surface area contributed by atoms with Crippen molar-refractivity contribution in [3.8, 4) is 0 Å². The molecule has 1 aliphatic rings. The zero-order valence-electron chi connectivity index (χ0n) is 5.97. The van der Waals surface area contributed by atoms with Crippen LogP contribution in [0, 0.1) is 0 Å². The molecule has 5 nitrogen and oxygen atoms in total. The molecule has 3 N–H and O–H groups in total. The zero-order valence-corrected chi connectivity index (χ0v) is 10.7. The molecule has 0 aromatic heterocycles. The molecule has 72 valence electrons. The van der Waals surface area contributed by atoms with Crippen molar-refractivity contribution in [2.45, 2.75) is 6.10 Å². The molecule has 1 fully saturated rings. The monoisotopic (exact) mass is 367 g/mol. The van der Waals surface area contributed by atoms with Gasteiger partial charge in [0.15, 0.2) is 0 Å². The lowest BCUT2D eigenvalue weighted by Gasteiger charge is -1.98. The van der Waals surface area contributed by atoms with E-state index in [-0.39, 0.29) is 6.03 Å². The van der Waals surface area contributed by atoms with Crippen molar-refractivity contribution in [3.63, 3.8) is 0 Å². The van der Waals surface area contributed by atoms with Gasteiger partial charge in [0.2, 0.25) is 0 Å². The molecular formula is C4H8Br3N3O2. The Balaban J connectivity index is 0.000000211. The van der Waals surface area contributed by atoms with Gasteiger partial charge in [-0.25, -0.2) is 4.79 Å². The number of halogens is 3. The number of urea groups is 1. The first kappa shape index (κ1) is 12.6. The van der Waals surface area contributed by atoms with Crippen LogP contribution in [0.2, 0.25) is 0 Å². The lowest BCUT2D eigenvalue weighted by Crippen LogP contribution is -2.18. The SMILES string of the molecule is NCC1CO1.O=C(NBr)N(Br)Br. The Bertz CT molecular complexity index is 142. The second-order valence-corrected chi connectivity index (χ2v) is 4.59. The Morgan fingerprint density at radius 2 is 2.25 bits per heavy atom. The summed E-state index contributed by atoms with van der Waals surface area (Å²) < 4.78 is 7.95. The summed E-state index contributed by atoms with van der Waals surface area (Å²) in [5.74, 6) is 0. The average molecular weight is 370 g/mol. The molecule has 0 saturated carbocycles. The van der Waals surface area contributed by atoms with Crippen LogP contribution in [0.3, 0.4) is 0 Å².